The first-order chi connectivity index (χ1) is 14.2. The van der Waals surface area contributed by atoms with Crippen LogP contribution in [0.2, 0.25) is 0 Å². The maximum atomic E-state index is 13.1. The lowest BCUT2D eigenvalue weighted by Gasteiger charge is -2.31. The summed E-state index contributed by atoms with van der Waals surface area (Å²) in [5.74, 6) is -0.0991. The van der Waals surface area contributed by atoms with Gasteiger partial charge in [-0.3, -0.25) is 9.69 Å². The monoisotopic (exact) mass is 388 g/mol. The van der Waals surface area contributed by atoms with E-state index in [-0.39, 0.29) is 17.6 Å². The van der Waals surface area contributed by atoms with E-state index in [1.807, 2.05) is 54.6 Å². The van der Waals surface area contributed by atoms with Gasteiger partial charge in [-0.25, -0.2) is 4.39 Å². The summed E-state index contributed by atoms with van der Waals surface area (Å²) in [6.07, 6.45) is 1.67. The maximum Gasteiger partial charge on any atom is 0.227 e. The maximum absolute atomic E-state index is 13.1. The molecule has 1 aliphatic rings. The molecular weight excluding hydrogens is 363 g/mol. The topological polar surface area (TPSA) is 32.3 Å². The summed E-state index contributed by atoms with van der Waals surface area (Å²) in [6, 6.07) is 24.7. The SMILES string of the molecule is O=C(Nc1ccccc1-c1ccccc1)C1CCN(Cc2ccc(F)cc2)CC1. The Hall–Kier alpha value is -2.98. The fourth-order valence-corrected chi connectivity index (χ4v) is 3.90. The Bertz CT molecular complexity index is 948. The van der Waals surface area contributed by atoms with Crippen LogP contribution in [0.5, 0.6) is 0 Å². The molecule has 1 amide bonds. The molecule has 1 fully saturated rings. The molecule has 1 heterocycles. The smallest absolute Gasteiger partial charge is 0.227 e. The fraction of sp³-hybridized carbons (Fsp3) is 0.240. The highest BCUT2D eigenvalue weighted by Gasteiger charge is 2.25. The molecule has 148 valence electrons. The lowest BCUT2D eigenvalue weighted by molar-refractivity contribution is -0.121. The Balaban J connectivity index is 1.35. The quantitative estimate of drug-likeness (QED) is 0.640. The summed E-state index contributed by atoms with van der Waals surface area (Å²) in [6.45, 7) is 2.54. The van der Waals surface area contributed by atoms with E-state index in [4.69, 9.17) is 0 Å². The number of halogens is 1. The molecule has 0 atom stereocenters. The minimum atomic E-state index is -0.208. The van der Waals surface area contributed by atoms with Crippen LogP contribution in [0, 0.1) is 11.7 Å². The number of benzene rings is 3. The average Bonchev–Trinajstić information content (AvgIpc) is 2.77. The molecule has 0 aliphatic carbocycles. The van der Waals surface area contributed by atoms with Crippen LogP contribution >= 0.6 is 0 Å². The van der Waals surface area contributed by atoms with Gasteiger partial charge in [0.25, 0.3) is 0 Å². The predicted molar refractivity (Wildman–Crippen MR) is 115 cm³/mol. The van der Waals surface area contributed by atoms with Crippen molar-refractivity contribution < 1.29 is 9.18 Å². The van der Waals surface area contributed by atoms with E-state index in [0.29, 0.717) is 0 Å². The van der Waals surface area contributed by atoms with E-state index in [0.717, 1.165) is 54.9 Å². The van der Waals surface area contributed by atoms with Crippen molar-refractivity contribution in [2.45, 2.75) is 19.4 Å². The summed E-state index contributed by atoms with van der Waals surface area (Å²) in [5.41, 5.74) is 4.09. The van der Waals surface area contributed by atoms with Gasteiger partial charge < -0.3 is 5.32 Å². The zero-order valence-corrected chi connectivity index (χ0v) is 16.4. The number of carbonyl (C=O) groups is 1. The highest BCUT2D eigenvalue weighted by Crippen LogP contribution is 2.29. The van der Waals surface area contributed by atoms with Gasteiger partial charge in [-0.1, -0.05) is 60.7 Å². The molecule has 4 rings (SSSR count). The molecule has 0 radical (unpaired) electrons. The summed E-state index contributed by atoms with van der Waals surface area (Å²) in [7, 11) is 0. The third-order valence-corrected chi connectivity index (χ3v) is 5.55. The first-order valence-electron chi connectivity index (χ1n) is 10.1. The van der Waals surface area contributed by atoms with Gasteiger partial charge in [0.15, 0.2) is 0 Å². The van der Waals surface area contributed by atoms with Crippen LogP contribution in [0.1, 0.15) is 18.4 Å². The standard InChI is InChI=1S/C25H25FN2O/c26-22-12-10-19(11-13-22)18-28-16-14-21(15-17-28)25(29)27-24-9-5-4-8-23(24)20-6-2-1-3-7-20/h1-13,21H,14-18H2,(H,27,29). The van der Waals surface area contributed by atoms with Gasteiger partial charge in [0.05, 0.1) is 0 Å². The number of hydrogen-bond acceptors (Lipinski definition) is 2. The van der Waals surface area contributed by atoms with E-state index < -0.39 is 0 Å². The second-order valence-corrected chi connectivity index (χ2v) is 7.58. The van der Waals surface area contributed by atoms with Gasteiger partial charge in [-0.2, -0.15) is 0 Å². The van der Waals surface area contributed by atoms with Crippen LogP contribution < -0.4 is 5.32 Å². The number of amides is 1. The molecule has 0 unspecified atom stereocenters. The van der Waals surface area contributed by atoms with E-state index in [1.54, 1.807) is 0 Å². The Morgan fingerprint density at radius 1 is 0.897 bits per heavy atom. The van der Waals surface area contributed by atoms with Gasteiger partial charge in [-0.15, -0.1) is 0 Å². The normalized spacial score (nSPS) is 15.2. The molecule has 4 heteroatoms. The third-order valence-electron chi connectivity index (χ3n) is 5.55. The van der Waals surface area contributed by atoms with Gasteiger partial charge in [0.2, 0.25) is 5.91 Å². The summed E-state index contributed by atoms with van der Waals surface area (Å²) in [4.78, 5) is 15.2. The van der Waals surface area contributed by atoms with Crippen LogP contribution in [0.3, 0.4) is 0 Å². The summed E-state index contributed by atoms with van der Waals surface area (Å²) >= 11 is 0. The van der Waals surface area contributed by atoms with Crippen LogP contribution in [0.4, 0.5) is 10.1 Å². The summed E-state index contributed by atoms with van der Waals surface area (Å²) in [5, 5.41) is 3.15. The zero-order chi connectivity index (χ0) is 20.1. The number of rotatable bonds is 5. The van der Waals surface area contributed by atoms with Crippen LogP contribution in [-0.4, -0.2) is 23.9 Å². The van der Waals surface area contributed by atoms with Crippen molar-refractivity contribution in [1.82, 2.24) is 4.90 Å². The first-order valence-corrected chi connectivity index (χ1v) is 10.1. The minimum Gasteiger partial charge on any atom is -0.325 e. The molecule has 0 spiro atoms. The Kier molecular flexibility index (Phi) is 6.01. The van der Waals surface area contributed by atoms with Crippen molar-refractivity contribution in [2.75, 3.05) is 18.4 Å². The Morgan fingerprint density at radius 3 is 2.28 bits per heavy atom. The number of carbonyl (C=O) groups excluding carboxylic acids is 1. The highest BCUT2D eigenvalue weighted by molar-refractivity contribution is 5.96. The number of piperidine rings is 1. The lowest BCUT2D eigenvalue weighted by Crippen LogP contribution is -2.37. The zero-order valence-electron chi connectivity index (χ0n) is 16.4. The number of hydrogen-bond donors (Lipinski definition) is 1. The number of likely N-dealkylation sites (tertiary alicyclic amines) is 1. The molecule has 3 nitrogen and oxygen atoms in total. The molecule has 3 aromatic carbocycles. The number of anilines is 1. The van der Waals surface area contributed by atoms with Gasteiger partial charge in [0, 0.05) is 23.7 Å². The van der Waals surface area contributed by atoms with Crippen LogP contribution in [0.15, 0.2) is 78.9 Å². The molecule has 0 saturated carbocycles. The van der Waals surface area contributed by atoms with Crippen molar-refractivity contribution >= 4 is 11.6 Å². The number of nitrogens with zero attached hydrogens (tertiary/aromatic N) is 1. The number of nitrogens with one attached hydrogen (secondary N) is 1. The van der Waals surface area contributed by atoms with Crippen molar-refractivity contribution in [3.63, 3.8) is 0 Å². The van der Waals surface area contributed by atoms with E-state index in [1.165, 1.54) is 12.1 Å². The highest BCUT2D eigenvalue weighted by atomic mass is 19.1. The molecular formula is C25H25FN2O. The van der Waals surface area contributed by atoms with Crippen molar-refractivity contribution in [2.24, 2.45) is 5.92 Å². The van der Waals surface area contributed by atoms with E-state index in [2.05, 4.69) is 22.3 Å². The molecule has 0 bridgehead atoms. The largest absolute Gasteiger partial charge is 0.325 e. The molecule has 1 N–H and O–H groups in total. The van der Waals surface area contributed by atoms with E-state index in [9.17, 15) is 9.18 Å². The third kappa shape index (κ3) is 4.90. The van der Waals surface area contributed by atoms with Gasteiger partial charge in [0.1, 0.15) is 5.82 Å². The van der Waals surface area contributed by atoms with Crippen LogP contribution in [-0.2, 0) is 11.3 Å². The van der Waals surface area contributed by atoms with Crippen molar-refractivity contribution in [3.8, 4) is 11.1 Å². The first kappa shape index (κ1) is 19.3. The molecule has 1 aliphatic heterocycles. The molecule has 3 aromatic rings. The predicted octanol–water partition coefficient (Wildman–Crippen LogP) is 5.34. The van der Waals surface area contributed by atoms with E-state index >= 15 is 0 Å². The van der Waals surface area contributed by atoms with Crippen molar-refractivity contribution in [1.29, 1.82) is 0 Å². The number of para-hydroxylation sites is 1. The molecule has 29 heavy (non-hydrogen) atoms. The molecule has 0 aromatic heterocycles. The summed E-state index contributed by atoms with van der Waals surface area (Å²) < 4.78 is 13.1. The second-order valence-electron chi connectivity index (χ2n) is 7.58. The average molecular weight is 388 g/mol. The molecule has 1 saturated heterocycles. The fourth-order valence-electron chi connectivity index (χ4n) is 3.90. The second kappa shape index (κ2) is 9.01. The minimum absolute atomic E-state index is 0.0169. The van der Waals surface area contributed by atoms with Gasteiger partial charge in [-0.05, 0) is 55.3 Å². The van der Waals surface area contributed by atoms with Crippen molar-refractivity contribution in [3.05, 3.63) is 90.2 Å². The van der Waals surface area contributed by atoms with Crippen LogP contribution in [0.25, 0.3) is 11.1 Å². The lowest BCUT2D eigenvalue weighted by atomic mass is 9.95. The Labute approximate surface area is 171 Å². The van der Waals surface area contributed by atoms with Gasteiger partial charge >= 0.3 is 0 Å². The Morgan fingerprint density at radius 2 is 1.55 bits per heavy atom.